The minimum absolute atomic E-state index is 0.834. The molecule has 3 heteroatoms. The van der Waals surface area contributed by atoms with Crippen molar-refractivity contribution in [2.75, 3.05) is 5.32 Å². The summed E-state index contributed by atoms with van der Waals surface area (Å²) in [5.74, 6) is 0. The molecule has 0 amide bonds. The molecule has 0 unspecified atom stereocenters. The second kappa shape index (κ2) is 10.2. The van der Waals surface area contributed by atoms with Gasteiger partial charge in [0.05, 0.1) is 0 Å². The van der Waals surface area contributed by atoms with E-state index in [0.717, 1.165) is 52.3 Å². The van der Waals surface area contributed by atoms with Crippen molar-refractivity contribution >= 4 is 17.0 Å². The van der Waals surface area contributed by atoms with E-state index in [1.807, 2.05) is 57.2 Å². The van der Waals surface area contributed by atoms with Crippen LogP contribution in [0.2, 0.25) is 0 Å². The van der Waals surface area contributed by atoms with Gasteiger partial charge in [-0.15, -0.1) is 0 Å². The molecule has 0 radical (unpaired) electrons. The summed E-state index contributed by atoms with van der Waals surface area (Å²) < 4.78 is 0. The van der Waals surface area contributed by atoms with Gasteiger partial charge >= 0.3 is 0 Å². The molecule has 0 saturated heterocycles. The summed E-state index contributed by atoms with van der Waals surface area (Å²) in [7, 11) is 0. The Kier molecular flexibility index (Phi) is 7.63. The Morgan fingerprint density at radius 2 is 1.74 bits per heavy atom. The smallest absolute Gasteiger partial charge is 0.0448 e. The maximum Gasteiger partial charge on any atom is 0.0448 e. The molecule has 0 aliphatic carbocycles. The van der Waals surface area contributed by atoms with Gasteiger partial charge in [0.15, 0.2) is 0 Å². The summed E-state index contributed by atoms with van der Waals surface area (Å²) in [6.07, 6.45) is 5.37. The highest BCUT2D eigenvalue weighted by Crippen LogP contribution is 2.18. The van der Waals surface area contributed by atoms with E-state index in [1.165, 1.54) is 0 Å². The molecule has 0 aliphatic heterocycles. The predicted molar refractivity (Wildman–Crippen MR) is 119 cm³/mol. The van der Waals surface area contributed by atoms with Crippen molar-refractivity contribution < 1.29 is 0 Å². The van der Waals surface area contributed by atoms with Crippen LogP contribution in [0, 0.1) is 0 Å². The summed E-state index contributed by atoms with van der Waals surface area (Å²) in [4.78, 5) is 4.83. The number of nitrogens with two attached hydrogens (primary N) is 1. The number of hydrogen-bond acceptors (Lipinski definition) is 3. The lowest BCUT2D eigenvalue weighted by atomic mass is 10.0. The highest BCUT2D eigenvalue weighted by atomic mass is 14.9. The van der Waals surface area contributed by atoms with Crippen molar-refractivity contribution in [2.45, 2.75) is 33.6 Å². The molecule has 27 heavy (non-hydrogen) atoms. The molecule has 3 N–H and O–H groups in total. The molecule has 140 valence electrons. The molecular weight excluding hydrogens is 330 g/mol. The molecule has 2 aromatic rings. The van der Waals surface area contributed by atoms with Crippen molar-refractivity contribution in [3.63, 3.8) is 0 Å². The second-order valence-corrected chi connectivity index (χ2v) is 6.50. The molecular formula is C24H29N3. The summed E-state index contributed by atoms with van der Waals surface area (Å²) in [6.45, 7) is 10.2. The maximum absolute atomic E-state index is 5.64. The van der Waals surface area contributed by atoms with Gasteiger partial charge in [-0.1, -0.05) is 49.1 Å². The van der Waals surface area contributed by atoms with Crippen LogP contribution in [0.5, 0.6) is 0 Å². The van der Waals surface area contributed by atoms with Crippen LogP contribution in [0.25, 0.3) is 5.57 Å². The second-order valence-electron chi connectivity index (χ2n) is 6.50. The third-order valence-electron chi connectivity index (χ3n) is 4.41. The molecule has 0 spiro atoms. The number of nitrogens with one attached hydrogen (secondary N) is 1. The fourth-order valence-electron chi connectivity index (χ4n) is 2.70. The first-order chi connectivity index (χ1) is 13.0. The van der Waals surface area contributed by atoms with Crippen molar-refractivity contribution in [1.29, 1.82) is 0 Å². The number of rotatable bonds is 8. The largest absolute Gasteiger partial charge is 0.404 e. The zero-order chi connectivity index (χ0) is 19.6. The molecule has 0 saturated carbocycles. The van der Waals surface area contributed by atoms with E-state index in [9.17, 15) is 0 Å². The quantitative estimate of drug-likeness (QED) is 0.557. The topological polar surface area (TPSA) is 50.4 Å². The molecule has 0 aromatic heterocycles. The Labute approximate surface area is 163 Å². The maximum atomic E-state index is 5.64. The van der Waals surface area contributed by atoms with Gasteiger partial charge in [0.1, 0.15) is 0 Å². The van der Waals surface area contributed by atoms with Gasteiger partial charge in [-0.2, -0.15) is 0 Å². The van der Waals surface area contributed by atoms with Crippen LogP contribution in [0.4, 0.5) is 5.69 Å². The lowest BCUT2D eigenvalue weighted by Gasteiger charge is -2.11. The first kappa shape index (κ1) is 20.2. The minimum Gasteiger partial charge on any atom is -0.404 e. The molecule has 0 aliphatic rings. The zero-order valence-corrected chi connectivity index (χ0v) is 16.5. The van der Waals surface area contributed by atoms with Crippen molar-refractivity contribution in [2.24, 2.45) is 10.7 Å². The van der Waals surface area contributed by atoms with E-state index < -0.39 is 0 Å². The third-order valence-corrected chi connectivity index (χ3v) is 4.41. The minimum atomic E-state index is 0.834. The average Bonchev–Trinajstić information content (AvgIpc) is 2.71. The zero-order valence-electron chi connectivity index (χ0n) is 16.5. The monoisotopic (exact) mass is 359 g/mol. The highest BCUT2D eigenvalue weighted by molar-refractivity contribution is 6.00. The SMILES string of the molecule is C=C(CC/C(=C/C)N=C(C)c1cccc(/C(C)=C/N)c1)Nc1ccccc1. The van der Waals surface area contributed by atoms with Gasteiger partial charge < -0.3 is 11.1 Å². The molecule has 2 aromatic carbocycles. The Morgan fingerprint density at radius 1 is 1.04 bits per heavy atom. The number of aliphatic imine (C=N–C) groups is 1. The first-order valence-corrected chi connectivity index (χ1v) is 9.23. The molecule has 0 atom stereocenters. The third kappa shape index (κ3) is 6.30. The fourth-order valence-corrected chi connectivity index (χ4v) is 2.70. The van der Waals surface area contributed by atoms with Gasteiger partial charge in [0.2, 0.25) is 0 Å². The number of nitrogens with zero attached hydrogens (tertiary/aromatic N) is 1. The van der Waals surface area contributed by atoms with Crippen LogP contribution in [-0.2, 0) is 0 Å². The average molecular weight is 360 g/mol. The van der Waals surface area contributed by atoms with E-state index in [1.54, 1.807) is 6.20 Å². The number of hydrogen-bond donors (Lipinski definition) is 2. The first-order valence-electron chi connectivity index (χ1n) is 9.23. The molecule has 0 fully saturated rings. The number of allylic oxidation sites excluding steroid dienone is 4. The molecule has 0 bridgehead atoms. The number of anilines is 1. The summed E-state index contributed by atoms with van der Waals surface area (Å²) in [5, 5.41) is 3.34. The normalized spacial score (nSPS) is 12.8. The lowest BCUT2D eigenvalue weighted by Crippen LogP contribution is -2.00. The van der Waals surface area contributed by atoms with Crippen molar-refractivity contribution in [1.82, 2.24) is 0 Å². The van der Waals surface area contributed by atoms with Crippen LogP contribution >= 0.6 is 0 Å². The summed E-state index contributed by atoms with van der Waals surface area (Å²) in [6, 6.07) is 18.4. The highest BCUT2D eigenvalue weighted by Gasteiger charge is 2.04. The molecule has 0 heterocycles. The fraction of sp³-hybridized carbons (Fsp3) is 0.208. The number of para-hydroxylation sites is 1. The van der Waals surface area contributed by atoms with Crippen molar-refractivity contribution in [3.8, 4) is 0 Å². The predicted octanol–water partition coefficient (Wildman–Crippen LogP) is 6.12. The van der Waals surface area contributed by atoms with E-state index >= 15 is 0 Å². The Balaban J connectivity index is 2.02. The van der Waals surface area contributed by atoms with Crippen LogP contribution < -0.4 is 11.1 Å². The van der Waals surface area contributed by atoms with E-state index in [2.05, 4.69) is 36.2 Å². The van der Waals surface area contributed by atoms with E-state index in [4.69, 9.17) is 10.7 Å². The Bertz CT molecular complexity index is 858. The Hall–Kier alpha value is -3.07. The standard InChI is InChI=1S/C24H29N3/c1-5-23(15-14-19(3)26-24-12-7-6-8-13-24)27-20(4)22-11-9-10-21(16-22)18(2)17-25/h5-13,16-17,26H,3,14-15,25H2,1-2,4H3/b18-17+,23-5-,27-20?. The lowest BCUT2D eigenvalue weighted by molar-refractivity contribution is 0.915. The molecule has 2 rings (SSSR count). The van der Waals surface area contributed by atoms with Gasteiger partial charge in [0.25, 0.3) is 0 Å². The van der Waals surface area contributed by atoms with Gasteiger partial charge in [-0.05, 0) is 74.7 Å². The van der Waals surface area contributed by atoms with Crippen molar-refractivity contribution in [3.05, 3.63) is 96.0 Å². The van der Waals surface area contributed by atoms with Gasteiger partial charge in [-0.25, -0.2) is 0 Å². The molecule has 3 nitrogen and oxygen atoms in total. The Morgan fingerprint density at radius 3 is 2.41 bits per heavy atom. The van der Waals surface area contributed by atoms with Crippen LogP contribution in [0.1, 0.15) is 44.7 Å². The van der Waals surface area contributed by atoms with E-state index in [0.29, 0.717) is 0 Å². The van der Waals surface area contributed by atoms with E-state index in [-0.39, 0.29) is 0 Å². The summed E-state index contributed by atoms with van der Waals surface area (Å²) in [5.41, 5.74) is 13.0. The van der Waals surface area contributed by atoms with Gasteiger partial charge in [-0.3, -0.25) is 4.99 Å². The van der Waals surface area contributed by atoms with Crippen LogP contribution in [0.15, 0.2) is 89.8 Å². The number of benzene rings is 2. The van der Waals surface area contributed by atoms with Crippen LogP contribution in [0.3, 0.4) is 0 Å². The van der Waals surface area contributed by atoms with Gasteiger partial charge in [0, 0.05) is 22.8 Å². The van der Waals surface area contributed by atoms with Crippen LogP contribution in [-0.4, -0.2) is 5.71 Å². The summed E-state index contributed by atoms with van der Waals surface area (Å²) >= 11 is 0.